The largest absolute Gasteiger partial charge is 0.348 e. The first-order valence-corrected chi connectivity index (χ1v) is 9.32. The topological polar surface area (TPSA) is 61.4 Å². The summed E-state index contributed by atoms with van der Waals surface area (Å²) in [4.78, 5) is 18.1. The van der Waals surface area contributed by atoms with Crippen molar-refractivity contribution >= 4 is 5.91 Å². The molecule has 6 rings (SSSR count). The zero-order chi connectivity index (χ0) is 17.6. The number of benzene rings is 1. The molecular weight excluding hydrogens is 326 g/mol. The van der Waals surface area contributed by atoms with E-state index in [1.807, 2.05) is 0 Å². The van der Waals surface area contributed by atoms with Crippen molar-refractivity contribution in [3.8, 4) is 0 Å². The molecule has 26 heavy (non-hydrogen) atoms. The Labute approximate surface area is 153 Å². The van der Waals surface area contributed by atoms with E-state index in [9.17, 15) is 4.79 Å². The van der Waals surface area contributed by atoms with Crippen molar-refractivity contribution in [1.29, 1.82) is 0 Å². The van der Waals surface area contributed by atoms with Gasteiger partial charge in [0.2, 0.25) is 0 Å². The summed E-state index contributed by atoms with van der Waals surface area (Å²) in [7, 11) is 0. The molecule has 1 amide bonds. The maximum Gasteiger partial charge on any atom is 0.253 e. The van der Waals surface area contributed by atoms with Crippen LogP contribution in [0.3, 0.4) is 0 Å². The lowest BCUT2D eigenvalue weighted by atomic mass is 9.64. The summed E-state index contributed by atoms with van der Waals surface area (Å²) in [5.74, 6) is 0.398. The molecule has 4 bridgehead atoms. The van der Waals surface area contributed by atoms with Crippen LogP contribution in [0.4, 0.5) is 0 Å². The van der Waals surface area contributed by atoms with Gasteiger partial charge in [-0.05, 0) is 11.6 Å². The highest BCUT2D eigenvalue weighted by molar-refractivity contribution is 5.94. The molecule has 6 heteroatoms. The first-order valence-electron chi connectivity index (χ1n) is 9.32. The molecule has 0 spiro atoms. The molecule has 5 heterocycles. The van der Waals surface area contributed by atoms with E-state index < -0.39 is 0 Å². The average Bonchev–Trinajstić information content (AvgIpc) is 2.94. The molecule has 134 valence electrons. The number of nitrogens with zero attached hydrogens (tertiary/aromatic N) is 4. The molecule has 1 N–H and O–H groups in total. The number of rotatable bonds is 3. The number of aromatic nitrogens is 2. The van der Waals surface area contributed by atoms with Gasteiger partial charge in [-0.15, -0.1) is 0 Å². The molecule has 0 radical (unpaired) electrons. The second-order valence-corrected chi connectivity index (χ2v) is 7.83. The third kappa shape index (κ3) is 2.52. The predicted molar refractivity (Wildman–Crippen MR) is 97.8 cm³/mol. The zero-order valence-electron chi connectivity index (χ0n) is 14.7. The number of fused-ring (bicyclic) bond motifs is 1. The molecule has 0 aliphatic carbocycles. The molecule has 1 aromatic carbocycles. The quantitative estimate of drug-likeness (QED) is 0.887. The smallest absolute Gasteiger partial charge is 0.253 e. The standard InChI is InChI=1S/C20H23N5O/c26-19(15-6-7-21-22-10-15)23-18-16-11-24-8-9-25(12-16)14-20(18,13-24)17-4-2-1-3-5-17/h1-7,10,16,18H,8-9,11-14H2,(H,23,26). The fourth-order valence-electron chi connectivity index (χ4n) is 5.22. The summed E-state index contributed by atoms with van der Waals surface area (Å²) in [5, 5.41) is 11.0. The number of piperidine rings is 2. The van der Waals surface area contributed by atoms with Gasteiger partial charge in [0.25, 0.3) is 5.91 Å². The van der Waals surface area contributed by atoms with Gasteiger partial charge in [0.05, 0.1) is 18.0 Å². The minimum atomic E-state index is -0.0605. The summed E-state index contributed by atoms with van der Waals surface area (Å²) >= 11 is 0. The summed E-state index contributed by atoms with van der Waals surface area (Å²) in [6, 6.07) is 12.6. The first kappa shape index (κ1) is 15.9. The van der Waals surface area contributed by atoms with E-state index in [2.05, 4.69) is 55.6 Å². The highest BCUT2D eigenvalue weighted by Gasteiger charge is 2.55. The van der Waals surface area contributed by atoms with E-state index in [-0.39, 0.29) is 17.4 Å². The molecule has 4 saturated heterocycles. The van der Waals surface area contributed by atoms with Gasteiger partial charge in [-0.1, -0.05) is 30.3 Å². The van der Waals surface area contributed by atoms with E-state index in [1.54, 1.807) is 18.5 Å². The number of carbonyl (C=O) groups excluding carboxylic acids is 1. The van der Waals surface area contributed by atoms with Crippen LogP contribution in [0, 0.1) is 5.92 Å². The van der Waals surface area contributed by atoms with Crippen LogP contribution in [0.2, 0.25) is 0 Å². The first-order chi connectivity index (χ1) is 12.7. The predicted octanol–water partition coefficient (Wildman–Crippen LogP) is 0.774. The van der Waals surface area contributed by atoms with Crippen molar-refractivity contribution in [3.05, 3.63) is 59.9 Å². The van der Waals surface area contributed by atoms with Gasteiger partial charge in [0, 0.05) is 56.6 Å². The monoisotopic (exact) mass is 349 g/mol. The van der Waals surface area contributed by atoms with Crippen molar-refractivity contribution in [2.75, 3.05) is 39.3 Å². The molecule has 4 aliphatic rings. The second-order valence-electron chi connectivity index (χ2n) is 7.83. The van der Waals surface area contributed by atoms with E-state index >= 15 is 0 Å². The molecule has 3 atom stereocenters. The van der Waals surface area contributed by atoms with Crippen molar-refractivity contribution in [3.63, 3.8) is 0 Å². The molecular formula is C20H23N5O. The van der Waals surface area contributed by atoms with Gasteiger partial charge < -0.3 is 15.1 Å². The lowest BCUT2D eigenvalue weighted by Gasteiger charge is -2.55. The normalized spacial score (nSPS) is 35.1. The lowest BCUT2D eigenvalue weighted by molar-refractivity contribution is 0.0180. The zero-order valence-corrected chi connectivity index (χ0v) is 14.7. The lowest BCUT2D eigenvalue weighted by Crippen LogP contribution is -2.70. The number of hydrogen-bond acceptors (Lipinski definition) is 5. The Kier molecular flexibility index (Phi) is 3.76. The number of amides is 1. The van der Waals surface area contributed by atoms with Gasteiger partial charge in [0.1, 0.15) is 0 Å². The van der Waals surface area contributed by atoms with E-state index in [1.165, 1.54) is 5.56 Å². The summed E-state index contributed by atoms with van der Waals surface area (Å²) in [6.45, 7) is 6.38. The summed E-state index contributed by atoms with van der Waals surface area (Å²) < 4.78 is 0. The minimum Gasteiger partial charge on any atom is -0.348 e. The van der Waals surface area contributed by atoms with Crippen LogP contribution >= 0.6 is 0 Å². The molecule has 0 saturated carbocycles. The molecule has 3 unspecified atom stereocenters. The SMILES string of the molecule is O=C(NC1C2CN3CCN(C2)CC1(c1ccccc1)C3)c1ccnnc1. The Hall–Kier alpha value is -2.31. The molecule has 6 nitrogen and oxygen atoms in total. The Morgan fingerprint density at radius 3 is 2.42 bits per heavy atom. The van der Waals surface area contributed by atoms with E-state index in [0.29, 0.717) is 11.5 Å². The van der Waals surface area contributed by atoms with Crippen molar-refractivity contribution in [2.24, 2.45) is 5.92 Å². The Balaban J connectivity index is 1.53. The highest BCUT2D eigenvalue weighted by Crippen LogP contribution is 2.43. The van der Waals surface area contributed by atoms with Gasteiger partial charge >= 0.3 is 0 Å². The van der Waals surface area contributed by atoms with E-state index in [0.717, 1.165) is 39.3 Å². The number of nitrogens with one attached hydrogen (secondary N) is 1. The van der Waals surface area contributed by atoms with Crippen molar-refractivity contribution in [2.45, 2.75) is 11.5 Å². The van der Waals surface area contributed by atoms with Crippen LogP contribution in [-0.4, -0.2) is 71.2 Å². The third-order valence-corrected chi connectivity index (χ3v) is 6.28. The second kappa shape index (κ2) is 6.14. The third-order valence-electron chi connectivity index (χ3n) is 6.28. The van der Waals surface area contributed by atoms with Gasteiger partial charge in [0.15, 0.2) is 0 Å². The number of carbonyl (C=O) groups is 1. The summed E-state index contributed by atoms with van der Waals surface area (Å²) in [5.41, 5.74) is 1.85. The van der Waals surface area contributed by atoms with Crippen molar-refractivity contribution in [1.82, 2.24) is 25.3 Å². The van der Waals surface area contributed by atoms with Gasteiger partial charge in [-0.3, -0.25) is 4.79 Å². The fraction of sp³-hybridized carbons (Fsp3) is 0.450. The van der Waals surface area contributed by atoms with Crippen molar-refractivity contribution < 1.29 is 4.79 Å². The Morgan fingerprint density at radius 2 is 1.77 bits per heavy atom. The molecule has 4 fully saturated rings. The molecule has 4 aliphatic heterocycles. The maximum absolute atomic E-state index is 12.9. The van der Waals surface area contributed by atoms with E-state index in [4.69, 9.17) is 0 Å². The van der Waals surface area contributed by atoms with Gasteiger partial charge in [-0.25, -0.2) is 0 Å². The van der Waals surface area contributed by atoms with Crippen LogP contribution in [0.5, 0.6) is 0 Å². The fourth-order valence-corrected chi connectivity index (χ4v) is 5.22. The highest BCUT2D eigenvalue weighted by atomic mass is 16.1. The Bertz CT molecular complexity index is 780. The van der Waals surface area contributed by atoms with Crippen LogP contribution < -0.4 is 5.32 Å². The number of hydrogen-bond donors (Lipinski definition) is 1. The summed E-state index contributed by atoms with van der Waals surface area (Å²) in [6.07, 6.45) is 3.11. The Morgan fingerprint density at radius 1 is 1.04 bits per heavy atom. The van der Waals surface area contributed by atoms with Gasteiger partial charge in [-0.2, -0.15) is 10.2 Å². The van der Waals surface area contributed by atoms with Crippen LogP contribution in [0.25, 0.3) is 0 Å². The molecule has 2 aromatic rings. The molecule has 1 aromatic heterocycles. The van der Waals surface area contributed by atoms with Crippen LogP contribution in [0.1, 0.15) is 15.9 Å². The maximum atomic E-state index is 12.9. The average molecular weight is 349 g/mol. The van der Waals surface area contributed by atoms with Crippen LogP contribution in [0.15, 0.2) is 48.8 Å². The van der Waals surface area contributed by atoms with Crippen LogP contribution in [-0.2, 0) is 5.41 Å². The minimum absolute atomic E-state index is 0.0450.